The number of nitrogen functional groups attached to an aromatic ring is 1. The van der Waals surface area contributed by atoms with Gasteiger partial charge >= 0.3 is 0 Å². The first-order valence-corrected chi connectivity index (χ1v) is 8.26. The second-order valence-corrected chi connectivity index (χ2v) is 6.22. The third-order valence-electron chi connectivity index (χ3n) is 3.50. The third kappa shape index (κ3) is 4.36. The van der Waals surface area contributed by atoms with Crippen LogP contribution in [0.3, 0.4) is 0 Å². The van der Waals surface area contributed by atoms with E-state index in [9.17, 15) is 13.6 Å². The minimum absolute atomic E-state index is 0.304. The maximum atomic E-state index is 13.1. The SMILES string of the molecule is NNC(=O)c1cn(-c2ccc(Oc3cc(Cl)cc(Cl)c3)cc2)nc1C(F)F. The molecule has 10 heteroatoms. The molecule has 0 aliphatic rings. The number of carbonyl (C=O) groups excluding carboxylic acids is 1. The monoisotopic (exact) mass is 412 g/mol. The highest BCUT2D eigenvalue weighted by Gasteiger charge is 2.23. The minimum Gasteiger partial charge on any atom is -0.457 e. The van der Waals surface area contributed by atoms with Gasteiger partial charge in [0.15, 0.2) is 0 Å². The van der Waals surface area contributed by atoms with Gasteiger partial charge in [0.2, 0.25) is 0 Å². The van der Waals surface area contributed by atoms with Crippen LogP contribution in [0.15, 0.2) is 48.7 Å². The molecule has 1 amide bonds. The standard InChI is InChI=1S/C17H12Cl2F2N4O2/c18-9-5-10(19)7-13(6-9)27-12-3-1-11(2-4-12)25-8-14(17(26)23-22)15(24-25)16(20)21/h1-8,16H,22H2,(H,23,26). The van der Waals surface area contributed by atoms with Gasteiger partial charge in [-0.05, 0) is 42.5 Å². The maximum Gasteiger partial charge on any atom is 0.282 e. The molecule has 0 atom stereocenters. The van der Waals surface area contributed by atoms with Crippen LogP contribution in [-0.2, 0) is 0 Å². The quantitative estimate of drug-likeness (QED) is 0.366. The molecule has 0 aliphatic carbocycles. The molecule has 0 fully saturated rings. The lowest BCUT2D eigenvalue weighted by molar-refractivity contribution is 0.0939. The Morgan fingerprint density at radius 1 is 1.11 bits per heavy atom. The Kier molecular flexibility index (Phi) is 5.59. The van der Waals surface area contributed by atoms with Crippen molar-refractivity contribution < 1.29 is 18.3 Å². The summed E-state index contributed by atoms with van der Waals surface area (Å²) in [5.74, 6) is 5.08. The van der Waals surface area contributed by atoms with Crippen molar-refractivity contribution in [2.75, 3.05) is 0 Å². The molecule has 3 aromatic rings. The summed E-state index contributed by atoms with van der Waals surface area (Å²) in [6.07, 6.45) is -1.75. The highest BCUT2D eigenvalue weighted by atomic mass is 35.5. The van der Waals surface area contributed by atoms with E-state index in [-0.39, 0.29) is 5.56 Å². The van der Waals surface area contributed by atoms with Crippen LogP contribution in [0.25, 0.3) is 5.69 Å². The Bertz CT molecular complexity index is 957. The van der Waals surface area contributed by atoms with Crippen LogP contribution < -0.4 is 16.0 Å². The van der Waals surface area contributed by atoms with Gasteiger partial charge in [-0.15, -0.1) is 0 Å². The van der Waals surface area contributed by atoms with E-state index in [1.54, 1.807) is 42.5 Å². The van der Waals surface area contributed by atoms with Crippen molar-refractivity contribution in [1.82, 2.24) is 15.2 Å². The zero-order valence-corrected chi connectivity index (χ0v) is 15.0. The number of nitrogens with zero attached hydrogens (tertiary/aromatic N) is 2. The summed E-state index contributed by atoms with van der Waals surface area (Å²) in [5.41, 5.74) is 1.30. The van der Waals surface area contributed by atoms with Crippen molar-refractivity contribution in [2.24, 2.45) is 5.84 Å². The highest BCUT2D eigenvalue weighted by Crippen LogP contribution is 2.29. The predicted octanol–water partition coefficient (Wildman–Crippen LogP) is 4.51. The van der Waals surface area contributed by atoms with E-state index < -0.39 is 18.0 Å². The van der Waals surface area contributed by atoms with Gasteiger partial charge in [-0.1, -0.05) is 23.2 Å². The third-order valence-corrected chi connectivity index (χ3v) is 3.93. The first-order chi connectivity index (χ1) is 12.9. The molecule has 1 heterocycles. The average molecular weight is 413 g/mol. The molecule has 0 aliphatic heterocycles. The van der Waals surface area contributed by atoms with Crippen LogP contribution in [0.1, 0.15) is 22.5 Å². The van der Waals surface area contributed by atoms with Crippen LogP contribution in [0.4, 0.5) is 8.78 Å². The van der Waals surface area contributed by atoms with Crippen LogP contribution >= 0.6 is 23.2 Å². The van der Waals surface area contributed by atoms with E-state index in [2.05, 4.69) is 5.10 Å². The van der Waals surface area contributed by atoms with Gasteiger partial charge in [0.05, 0.1) is 11.3 Å². The number of rotatable bonds is 5. The van der Waals surface area contributed by atoms with E-state index in [0.29, 0.717) is 27.2 Å². The minimum atomic E-state index is -2.92. The fraction of sp³-hybridized carbons (Fsp3) is 0.0588. The normalized spacial score (nSPS) is 10.9. The number of hydrogen-bond donors (Lipinski definition) is 2. The number of hydrogen-bond acceptors (Lipinski definition) is 4. The molecule has 6 nitrogen and oxygen atoms in total. The molecule has 0 unspecified atom stereocenters. The van der Waals surface area contributed by atoms with Crippen molar-refractivity contribution in [3.8, 4) is 17.2 Å². The number of amides is 1. The van der Waals surface area contributed by atoms with Gasteiger partial charge in [0, 0.05) is 16.2 Å². The number of ether oxygens (including phenoxy) is 1. The number of nitrogens with one attached hydrogen (secondary N) is 1. The highest BCUT2D eigenvalue weighted by molar-refractivity contribution is 6.34. The lowest BCUT2D eigenvalue weighted by Gasteiger charge is -2.08. The lowest BCUT2D eigenvalue weighted by Crippen LogP contribution is -2.30. The van der Waals surface area contributed by atoms with Crippen LogP contribution in [-0.4, -0.2) is 15.7 Å². The fourth-order valence-corrected chi connectivity index (χ4v) is 2.83. The Morgan fingerprint density at radius 3 is 2.30 bits per heavy atom. The number of alkyl halides is 2. The van der Waals surface area contributed by atoms with Crippen LogP contribution in [0, 0.1) is 0 Å². The van der Waals surface area contributed by atoms with Crippen LogP contribution in [0.2, 0.25) is 10.0 Å². The molecule has 27 heavy (non-hydrogen) atoms. The Hall–Kier alpha value is -2.68. The van der Waals surface area contributed by atoms with Gasteiger partial charge in [0.25, 0.3) is 12.3 Å². The predicted molar refractivity (Wildman–Crippen MR) is 96.7 cm³/mol. The van der Waals surface area contributed by atoms with Gasteiger partial charge in [-0.3, -0.25) is 10.2 Å². The van der Waals surface area contributed by atoms with E-state index in [0.717, 1.165) is 4.68 Å². The number of nitrogens with two attached hydrogens (primary N) is 1. The zero-order chi connectivity index (χ0) is 19.6. The number of benzene rings is 2. The van der Waals surface area contributed by atoms with E-state index >= 15 is 0 Å². The van der Waals surface area contributed by atoms with Crippen molar-refractivity contribution in [3.05, 3.63) is 70.0 Å². The fourth-order valence-electron chi connectivity index (χ4n) is 2.32. The Labute approximate surface area is 162 Å². The van der Waals surface area contributed by atoms with Crippen molar-refractivity contribution in [2.45, 2.75) is 6.43 Å². The van der Waals surface area contributed by atoms with Crippen LogP contribution in [0.5, 0.6) is 11.5 Å². The first kappa shape index (κ1) is 19.1. The number of hydrazine groups is 1. The average Bonchev–Trinajstić information content (AvgIpc) is 3.06. The van der Waals surface area contributed by atoms with Crippen molar-refractivity contribution >= 4 is 29.1 Å². The van der Waals surface area contributed by atoms with Crippen molar-refractivity contribution in [1.29, 1.82) is 0 Å². The van der Waals surface area contributed by atoms with Crippen molar-refractivity contribution in [3.63, 3.8) is 0 Å². The lowest BCUT2D eigenvalue weighted by atomic mass is 10.2. The molecule has 140 valence electrons. The van der Waals surface area contributed by atoms with E-state index in [1.165, 1.54) is 6.20 Å². The zero-order valence-electron chi connectivity index (χ0n) is 13.5. The Balaban J connectivity index is 1.86. The molecular weight excluding hydrogens is 401 g/mol. The largest absolute Gasteiger partial charge is 0.457 e. The number of halogens is 4. The molecule has 0 saturated carbocycles. The molecule has 2 aromatic carbocycles. The summed E-state index contributed by atoms with van der Waals surface area (Å²) in [6.45, 7) is 0. The molecule has 3 rings (SSSR count). The molecule has 3 N–H and O–H groups in total. The number of aromatic nitrogens is 2. The number of carbonyl (C=O) groups is 1. The maximum absolute atomic E-state index is 13.1. The smallest absolute Gasteiger partial charge is 0.282 e. The summed E-state index contributed by atoms with van der Waals surface area (Å²) in [7, 11) is 0. The molecule has 0 bridgehead atoms. The van der Waals surface area contributed by atoms with E-state index in [4.69, 9.17) is 33.8 Å². The second-order valence-electron chi connectivity index (χ2n) is 5.35. The topological polar surface area (TPSA) is 82.2 Å². The molecule has 0 saturated heterocycles. The molecule has 0 radical (unpaired) electrons. The van der Waals surface area contributed by atoms with Gasteiger partial charge in [-0.2, -0.15) is 5.10 Å². The molecule has 1 aromatic heterocycles. The molecule has 0 spiro atoms. The van der Waals surface area contributed by atoms with Gasteiger partial charge in [0.1, 0.15) is 17.2 Å². The van der Waals surface area contributed by atoms with Gasteiger partial charge in [-0.25, -0.2) is 19.3 Å². The van der Waals surface area contributed by atoms with Gasteiger partial charge < -0.3 is 4.74 Å². The summed E-state index contributed by atoms with van der Waals surface area (Å²) in [5, 5.41) is 4.61. The first-order valence-electron chi connectivity index (χ1n) is 7.50. The summed E-state index contributed by atoms with van der Waals surface area (Å²) < 4.78 is 33.0. The summed E-state index contributed by atoms with van der Waals surface area (Å²) >= 11 is 11.8. The second kappa shape index (κ2) is 7.91. The summed E-state index contributed by atoms with van der Waals surface area (Å²) in [6, 6.07) is 11.2. The molecular formula is C17H12Cl2F2N4O2. The van der Waals surface area contributed by atoms with E-state index in [1.807, 2.05) is 5.43 Å². The Morgan fingerprint density at radius 2 is 1.74 bits per heavy atom. The summed E-state index contributed by atoms with van der Waals surface area (Å²) in [4.78, 5) is 11.6.